The van der Waals surface area contributed by atoms with Gasteiger partial charge >= 0.3 is 0 Å². The molecule has 1 aliphatic carbocycles. The van der Waals surface area contributed by atoms with Gasteiger partial charge in [0.15, 0.2) is 0 Å². The van der Waals surface area contributed by atoms with Crippen LogP contribution in [0.4, 0.5) is 0 Å². The number of benzene rings is 1. The van der Waals surface area contributed by atoms with Gasteiger partial charge in [0, 0.05) is 6.54 Å². The van der Waals surface area contributed by atoms with E-state index in [1.807, 2.05) is 30.3 Å². The molecular formula is C16H25NO2. The lowest BCUT2D eigenvalue weighted by Crippen LogP contribution is -2.41. The first-order valence-electron chi connectivity index (χ1n) is 7.23. The highest BCUT2D eigenvalue weighted by molar-refractivity contribution is 5.22. The number of rotatable bonds is 5. The molecule has 0 aliphatic heterocycles. The summed E-state index contributed by atoms with van der Waals surface area (Å²) in [5.74, 6) is 0.724. The number of hydrogen-bond donors (Lipinski definition) is 2. The molecule has 106 valence electrons. The zero-order chi connectivity index (χ0) is 13.7. The second kappa shape index (κ2) is 6.51. The highest BCUT2D eigenvalue weighted by atomic mass is 16.5. The molecule has 19 heavy (non-hydrogen) atoms. The van der Waals surface area contributed by atoms with Gasteiger partial charge in [0.05, 0.1) is 12.7 Å². The van der Waals surface area contributed by atoms with E-state index < -0.39 is 5.60 Å². The third-order valence-corrected chi connectivity index (χ3v) is 4.09. The number of nitrogens with two attached hydrogens (primary N) is 1. The number of ether oxygens (including phenoxy) is 1. The first-order chi connectivity index (χ1) is 9.14. The highest BCUT2D eigenvalue weighted by Gasteiger charge is 2.30. The predicted molar refractivity (Wildman–Crippen MR) is 76.8 cm³/mol. The maximum atomic E-state index is 10.6. The summed E-state index contributed by atoms with van der Waals surface area (Å²) in [7, 11) is 0. The third-order valence-electron chi connectivity index (χ3n) is 4.09. The fourth-order valence-corrected chi connectivity index (χ4v) is 2.79. The van der Waals surface area contributed by atoms with Gasteiger partial charge in [-0.25, -0.2) is 0 Å². The van der Waals surface area contributed by atoms with E-state index in [1.165, 1.54) is 12.8 Å². The quantitative estimate of drug-likeness (QED) is 0.858. The van der Waals surface area contributed by atoms with Gasteiger partial charge in [-0.2, -0.15) is 0 Å². The molecule has 1 aromatic carbocycles. The Kier molecular flexibility index (Phi) is 4.97. The van der Waals surface area contributed by atoms with E-state index in [1.54, 1.807) is 0 Å². The lowest BCUT2D eigenvalue weighted by Gasteiger charge is -2.32. The van der Waals surface area contributed by atoms with Crippen LogP contribution in [0.1, 0.15) is 38.2 Å². The molecule has 0 aromatic heterocycles. The minimum absolute atomic E-state index is 0.180. The summed E-state index contributed by atoms with van der Waals surface area (Å²) in [6, 6.07) is 9.57. The summed E-state index contributed by atoms with van der Waals surface area (Å²) >= 11 is 0. The smallest absolute Gasteiger partial charge is 0.125 e. The topological polar surface area (TPSA) is 55.5 Å². The lowest BCUT2D eigenvalue weighted by atomic mass is 9.88. The molecular weight excluding hydrogens is 238 g/mol. The van der Waals surface area contributed by atoms with Gasteiger partial charge in [0.1, 0.15) is 5.60 Å². The third kappa shape index (κ3) is 3.78. The van der Waals surface area contributed by atoms with Crippen LogP contribution in [0.2, 0.25) is 0 Å². The molecule has 1 saturated carbocycles. The van der Waals surface area contributed by atoms with E-state index >= 15 is 0 Å². The van der Waals surface area contributed by atoms with Crippen molar-refractivity contribution in [1.29, 1.82) is 0 Å². The molecule has 0 saturated heterocycles. The van der Waals surface area contributed by atoms with Crippen molar-refractivity contribution < 1.29 is 9.84 Å². The molecule has 3 unspecified atom stereocenters. The summed E-state index contributed by atoms with van der Waals surface area (Å²) in [4.78, 5) is 0. The van der Waals surface area contributed by atoms with Crippen LogP contribution in [0.3, 0.4) is 0 Å². The van der Waals surface area contributed by atoms with E-state index in [-0.39, 0.29) is 19.3 Å². The van der Waals surface area contributed by atoms with E-state index in [0.29, 0.717) is 0 Å². The van der Waals surface area contributed by atoms with Crippen LogP contribution in [0.15, 0.2) is 30.3 Å². The molecule has 1 aromatic rings. The molecule has 1 aliphatic rings. The number of aliphatic hydroxyl groups is 1. The van der Waals surface area contributed by atoms with Crippen molar-refractivity contribution in [2.24, 2.45) is 11.7 Å². The first kappa shape index (κ1) is 14.5. The van der Waals surface area contributed by atoms with Crippen molar-refractivity contribution >= 4 is 0 Å². The fraction of sp³-hybridized carbons (Fsp3) is 0.625. The van der Waals surface area contributed by atoms with Gasteiger partial charge < -0.3 is 15.6 Å². The molecule has 0 spiro atoms. The number of hydrogen-bond acceptors (Lipinski definition) is 3. The van der Waals surface area contributed by atoms with Gasteiger partial charge in [-0.15, -0.1) is 0 Å². The maximum Gasteiger partial charge on any atom is 0.125 e. The normalized spacial score (nSPS) is 26.9. The Hall–Kier alpha value is -0.900. The maximum absolute atomic E-state index is 10.6. The monoisotopic (exact) mass is 263 g/mol. The SMILES string of the molecule is CC1CCCC(OCC(O)(CN)c2ccccc2)C1. The van der Waals surface area contributed by atoms with Crippen molar-refractivity contribution in [3.05, 3.63) is 35.9 Å². The van der Waals surface area contributed by atoms with Crippen molar-refractivity contribution in [3.8, 4) is 0 Å². The van der Waals surface area contributed by atoms with Gasteiger partial charge in [-0.3, -0.25) is 0 Å². The van der Waals surface area contributed by atoms with E-state index in [9.17, 15) is 5.11 Å². The minimum Gasteiger partial charge on any atom is -0.381 e. The minimum atomic E-state index is -1.07. The van der Waals surface area contributed by atoms with E-state index in [0.717, 1.165) is 24.3 Å². The van der Waals surface area contributed by atoms with Gasteiger partial charge in [-0.1, -0.05) is 50.1 Å². The Morgan fingerprint density at radius 2 is 2.05 bits per heavy atom. The summed E-state index contributed by atoms with van der Waals surface area (Å²) in [6.07, 6.45) is 4.97. The Bertz CT molecular complexity index is 382. The molecule has 3 atom stereocenters. The average molecular weight is 263 g/mol. The lowest BCUT2D eigenvalue weighted by molar-refractivity contribution is -0.0842. The molecule has 3 heteroatoms. The zero-order valence-electron chi connectivity index (χ0n) is 11.7. The highest BCUT2D eigenvalue weighted by Crippen LogP contribution is 2.28. The second-order valence-electron chi connectivity index (χ2n) is 5.81. The van der Waals surface area contributed by atoms with Crippen LogP contribution in [0.5, 0.6) is 0 Å². The van der Waals surface area contributed by atoms with Crippen LogP contribution in [0.25, 0.3) is 0 Å². The van der Waals surface area contributed by atoms with Crippen LogP contribution >= 0.6 is 0 Å². The van der Waals surface area contributed by atoms with Crippen LogP contribution < -0.4 is 5.73 Å². The van der Waals surface area contributed by atoms with Gasteiger partial charge in [0.25, 0.3) is 0 Å². The summed E-state index contributed by atoms with van der Waals surface area (Å²) in [5.41, 5.74) is 5.52. The zero-order valence-corrected chi connectivity index (χ0v) is 11.7. The largest absolute Gasteiger partial charge is 0.381 e. The Morgan fingerprint density at radius 3 is 2.68 bits per heavy atom. The van der Waals surface area contributed by atoms with Gasteiger partial charge in [0.2, 0.25) is 0 Å². The molecule has 0 radical (unpaired) electrons. The summed E-state index contributed by atoms with van der Waals surface area (Å²) < 4.78 is 5.93. The second-order valence-corrected chi connectivity index (χ2v) is 5.81. The first-order valence-corrected chi connectivity index (χ1v) is 7.23. The molecule has 0 heterocycles. The van der Waals surface area contributed by atoms with Crippen LogP contribution in [-0.4, -0.2) is 24.4 Å². The van der Waals surface area contributed by atoms with Crippen LogP contribution in [-0.2, 0) is 10.3 Å². The van der Waals surface area contributed by atoms with Crippen molar-refractivity contribution in [2.75, 3.05) is 13.2 Å². The van der Waals surface area contributed by atoms with Gasteiger partial charge in [-0.05, 0) is 24.3 Å². The van der Waals surface area contributed by atoms with E-state index in [4.69, 9.17) is 10.5 Å². The molecule has 0 bridgehead atoms. The predicted octanol–water partition coefficient (Wildman–Crippen LogP) is 2.43. The standard InChI is InChI=1S/C16H25NO2/c1-13-6-5-9-15(10-13)19-12-16(18,11-17)14-7-3-2-4-8-14/h2-4,7-8,13,15,18H,5-6,9-12,17H2,1H3. The molecule has 1 fully saturated rings. The Labute approximate surface area is 115 Å². The molecule has 0 amide bonds. The Morgan fingerprint density at radius 1 is 1.32 bits per heavy atom. The van der Waals surface area contributed by atoms with E-state index in [2.05, 4.69) is 6.92 Å². The average Bonchev–Trinajstić information content (AvgIpc) is 2.46. The van der Waals surface area contributed by atoms with Crippen molar-refractivity contribution in [3.63, 3.8) is 0 Å². The van der Waals surface area contributed by atoms with Crippen molar-refractivity contribution in [1.82, 2.24) is 0 Å². The fourth-order valence-electron chi connectivity index (χ4n) is 2.79. The molecule has 2 rings (SSSR count). The molecule has 3 N–H and O–H groups in total. The van der Waals surface area contributed by atoms with Crippen LogP contribution in [0, 0.1) is 5.92 Å². The van der Waals surface area contributed by atoms with Crippen molar-refractivity contribution in [2.45, 2.75) is 44.3 Å². The Balaban J connectivity index is 1.95. The summed E-state index contributed by atoms with van der Waals surface area (Å²) in [6.45, 7) is 2.73. The molecule has 3 nitrogen and oxygen atoms in total. The summed E-state index contributed by atoms with van der Waals surface area (Å²) in [5, 5.41) is 10.6.